The number of para-hydroxylation sites is 1. The molecule has 3 aliphatic rings. The van der Waals surface area contributed by atoms with Crippen LogP contribution >= 0.6 is 11.3 Å². The standard InChI is InChI=1S/C46H48F3N5O6S/c1-5-58-38(55)27-53-22-19-45(20-23-53)24-29(25-45)59-35-14-9-11-30(39(35)46(47,48)49)31-16-17-37(51-40(31)42(57)60-44(2,3)4)54-21-18-28-10-8-12-32(33(28)26-54)41(56)52-43-50-34-13-6-7-15-36(34)61-43/h6-17,29H,5,18-27H2,1-4H3,(H,50,52,56). The summed E-state index contributed by atoms with van der Waals surface area (Å²) < 4.78 is 63.6. The van der Waals surface area contributed by atoms with Crippen LogP contribution < -0.4 is 15.0 Å². The summed E-state index contributed by atoms with van der Waals surface area (Å²) in [6, 6.07) is 20.4. The van der Waals surface area contributed by atoms with Crippen molar-refractivity contribution < 1.29 is 41.8 Å². The van der Waals surface area contributed by atoms with Crippen molar-refractivity contribution in [1.82, 2.24) is 14.9 Å². The number of hydrogen-bond acceptors (Lipinski definition) is 11. The number of fused-ring (bicyclic) bond motifs is 2. The molecular formula is C46H48F3N5O6S. The molecule has 2 aliphatic heterocycles. The first-order valence-corrected chi connectivity index (χ1v) is 21.4. The topological polar surface area (TPSA) is 123 Å². The predicted octanol–water partition coefficient (Wildman–Crippen LogP) is 9.33. The van der Waals surface area contributed by atoms with Crippen molar-refractivity contribution in [2.24, 2.45) is 5.41 Å². The second-order valence-corrected chi connectivity index (χ2v) is 18.1. The number of carbonyl (C=O) groups is 3. The van der Waals surface area contributed by atoms with Crippen LogP contribution in [0.1, 0.15) is 90.9 Å². The Balaban J connectivity index is 1.05. The number of hydrogen-bond donors (Lipinski definition) is 1. The summed E-state index contributed by atoms with van der Waals surface area (Å²) in [7, 11) is 0. The Hall–Kier alpha value is -5.54. The van der Waals surface area contributed by atoms with Crippen molar-refractivity contribution in [1.29, 1.82) is 0 Å². The molecule has 320 valence electrons. The molecule has 0 atom stereocenters. The van der Waals surface area contributed by atoms with Gasteiger partial charge in [0.25, 0.3) is 5.91 Å². The number of anilines is 2. The van der Waals surface area contributed by atoms with Gasteiger partial charge in [-0.05, 0) is 126 Å². The van der Waals surface area contributed by atoms with Crippen molar-refractivity contribution in [3.05, 3.63) is 101 Å². The lowest BCUT2D eigenvalue weighted by Gasteiger charge is -2.51. The maximum atomic E-state index is 15.2. The molecule has 2 fully saturated rings. The number of piperidine rings is 1. The SMILES string of the molecule is CCOC(=O)CN1CCC2(CC1)CC(Oc1cccc(-c3ccc(N4CCc5cccc(C(=O)Nc6nc7ccccc7s6)c5C4)nc3C(=O)OC(C)(C)C)c1C(F)(F)F)C2. The molecule has 5 aromatic rings. The van der Waals surface area contributed by atoms with E-state index < -0.39 is 29.4 Å². The Kier molecular flexibility index (Phi) is 11.6. The van der Waals surface area contributed by atoms with E-state index in [1.54, 1.807) is 39.8 Å². The fourth-order valence-electron chi connectivity index (χ4n) is 8.70. The van der Waals surface area contributed by atoms with E-state index in [0.29, 0.717) is 62.0 Å². The Morgan fingerprint density at radius 2 is 1.66 bits per heavy atom. The number of nitrogens with zero attached hydrogens (tertiary/aromatic N) is 4. The molecule has 1 saturated carbocycles. The molecule has 0 radical (unpaired) electrons. The molecule has 1 saturated heterocycles. The number of thiazole rings is 1. The Labute approximate surface area is 356 Å². The molecule has 61 heavy (non-hydrogen) atoms. The molecule has 15 heteroatoms. The van der Waals surface area contributed by atoms with Crippen molar-refractivity contribution in [2.45, 2.75) is 84.2 Å². The number of nitrogens with one attached hydrogen (secondary N) is 1. The van der Waals surface area contributed by atoms with Gasteiger partial charge in [-0.25, -0.2) is 14.8 Å². The zero-order chi connectivity index (χ0) is 43.1. The van der Waals surface area contributed by atoms with Crippen LogP contribution in [0.5, 0.6) is 5.75 Å². The highest BCUT2D eigenvalue weighted by Gasteiger charge is 2.48. The van der Waals surface area contributed by atoms with Crippen LogP contribution in [0.4, 0.5) is 24.1 Å². The lowest BCUT2D eigenvalue weighted by Crippen LogP contribution is -2.51. The summed E-state index contributed by atoms with van der Waals surface area (Å²) in [6.07, 6.45) is -1.86. The zero-order valence-corrected chi connectivity index (χ0v) is 35.4. The highest BCUT2D eigenvalue weighted by Crippen LogP contribution is 2.52. The van der Waals surface area contributed by atoms with Crippen molar-refractivity contribution in [3.8, 4) is 16.9 Å². The molecule has 1 amide bonds. The van der Waals surface area contributed by atoms with Gasteiger partial charge in [-0.1, -0.05) is 47.7 Å². The van der Waals surface area contributed by atoms with Gasteiger partial charge in [-0.15, -0.1) is 0 Å². The molecular weight excluding hydrogens is 808 g/mol. The highest BCUT2D eigenvalue weighted by molar-refractivity contribution is 7.22. The molecule has 1 aliphatic carbocycles. The molecule has 1 spiro atoms. The van der Waals surface area contributed by atoms with Crippen LogP contribution in [-0.4, -0.2) is 77.2 Å². The first-order valence-electron chi connectivity index (χ1n) is 20.6. The number of aromatic nitrogens is 2. The second kappa shape index (κ2) is 16.7. The summed E-state index contributed by atoms with van der Waals surface area (Å²) in [6.45, 7) is 9.53. The summed E-state index contributed by atoms with van der Waals surface area (Å²) in [5.41, 5.74) is 0.465. The minimum absolute atomic E-state index is 0.0388. The summed E-state index contributed by atoms with van der Waals surface area (Å²) in [4.78, 5) is 52.9. The predicted molar refractivity (Wildman–Crippen MR) is 227 cm³/mol. The van der Waals surface area contributed by atoms with Crippen molar-refractivity contribution in [2.75, 3.05) is 43.0 Å². The van der Waals surface area contributed by atoms with E-state index in [-0.39, 0.29) is 53.0 Å². The third kappa shape index (κ3) is 9.23. The lowest BCUT2D eigenvalue weighted by molar-refractivity contribution is -0.146. The molecule has 0 unspecified atom stereocenters. The number of carbonyl (C=O) groups excluding carboxylic acids is 3. The van der Waals surface area contributed by atoms with Gasteiger partial charge in [0, 0.05) is 29.8 Å². The van der Waals surface area contributed by atoms with E-state index in [4.69, 9.17) is 19.2 Å². The van der Waals surface area contributed by atoms with Gasteiger partial charge in [0.2, 0.25) is 0 Å². The molecule has 3 aromatic carbocycles. The molecule has 0 bridgehead atoms. The van der Waals surface area contributed by atoms with Crippen LogP contribution in [0.15, 0.2) is 72.8 Å². The number of esters is 2. The Morgan fingerprint density at radius 3 is 2.38 bits per heavy atom. The number of ether oxygens (including phenoxy) is 3. The summed E-state index contributed by atoms with van der Waals surface area (Å²) in [5.74, 6) is -1.40. The van der Waals surface area contributed by atoms with Gasteiger partial charge >= 0.3 is 18.1 Å². The summed E-state index contributed by atoms with van der Waals surface area (Å²) in [5, 5.41) is 3.42. The second-order valence-electron chi connectivity index (χ2n) is 17.0. The van der Waals surface area contributed by atoms with Crippen LogP contribution in [-0.2, 0) is 33.4 Å². The zero-order valence-electron chi connectivity index (χ0n) is 34.6. The molecule has 4 heterocycles. The van der Waals surface area contributed by atoms with Gasteiger partial charge in [0.1, 0.15) is 22.7 Å². The van der Waals surface area contributed by atoms with Crippen LogP contribution in [0.25, 0.3) is 21.3 Å². The van der Waals surface area contributed by atoms with Crippen LogP contribution in [0.2, 0.25) is 0 Å². The van der Waals surface area contributed by atoms with E-state index in [1.165, 1.54) is 35.6 Å². The smallest absolute Gasteiger partial charge is 0.420 e. The van der Waals surface area contributed by atoms with Gasteiger partial charge in [0.05, 0.1) is 29.5 Å². The maximum absolute atomic E-state index is 15.2. The number of amides is 1. The highest BCUT2D eigenvalue weighted by atomic mass is 32.1. The van der Waals surface area contributed by atoms with E-state index in [1.807, 2.05) is 41.3 Å². The minimum Gasteiger partial charge on any atom is -0.490 e. The quantitative estimate of drug-likeness (QED) is 0.136. The number of likely N-dealkylation sites (tertiary alicyclic amines) is 1. The average molecular weight is 856 g/mol. The maximum Gasteiger partial charge on any atom is 0.420 e. The van der Waals surface area contributed by atoms with Crippen LogP contribution in [0, 0.1) is 5.41 Å². The van der Waals surface area contributed by atoms with E-state index in [0.717, 1.165) is 34.2 Å². The van der Waals surface area contributed by atoms with Crippen molar-refractivity contribution in [3.63, 3.8) is 0 Å². The van der Waals surface area contributed by atoms with E-state index in [9.17, 15) is 14.4 Å². The number of benzene rings is 3. The Bertz CT molecular complexity index is 2430. The molecule has 2 aromatic heterocycles. The first-order chi connectivity index (χ1) is 29.1. The normalized spacial score (nSPS) is 16.8. The number of halogens is 3. The third-order valence-electron chi connectivity index (χ3n) is 11.6. The van der Waals surface area contributed by atoms with E-state index >= 15 is 13.2 Å². The molecule has 11 nitrogen and oxygen atoms in total. The lowest BCUT2D eigenvalue weighted by atomic mass is 9.61. The van der Waals surface area contributed by atoms with Gasteiger partial charge < -0.3 is 19.1 Å². The average Bonchev–Trinajstić information content (AvgIpc) is 3.61. The van der Waals surface area contributed by atoms with E-state index in [2.05, 4.69) is 15.2 Å². The minimum atomic E-state index is -4.84. The number of pyridine rings is 1. The number of rotatable bonds is 10. The summed E-state index contributed by atoms with van der Waals surface area (Å²) >= 11 is 1.38. The first kappa shape index (κ1) is 42.2. The fraction of sp³-hybridized carbons (Fsp3) is 0.413. The largest absolute Gasteiger partial charge is 0.490 e. The monoisotopic (exact) mass is 855 g/mol. The van der Waals surface area contributed by atoms with Gasteiger partial charge in [0.15, 0.2) is 10.8 Å². The fourth-order valence-corrected chi connectivity index (χ4v) is 9.56. The number of alkyl halides is 3. The van der Waals surface area contributed by atoms with Gasteiger partial charge in [-0.2, -0.15) is 13.2 Å². The molecule has 8 rings (SSSR count). The Morgan fingerprint density at radius 1 is 0.902 bits per heavy atom. The van der Waals surface area contributed by atoms with Crippen molar-refractivity contribution >= 4 is 50.3 Å². The third-order valence-corrected chi connectivity index (χ3v) is 12.6. The van der Waals surface area contributed by atoms with Crippen LogP contribution in [0.3, 0.4) is 0 Å². The molecule has 1 N–H and O–H groups in total. The van der Waals surface area contributed by atoms with Gasteiger partial charge in [-0.3, -0.25) is 19.8 Å².